The van der Waals surface area contributed by atoms with Crippen LogP contribution in [0.1, 0.15) is 24.5 Å². The van der Waals surface area contributed by atoms with Gasteiger partial charge in [-0.15, -0.1) is 0 Å². The molecule has 1 heterocycles. The van der Waals surface area contributed by atoms with Crippen LogP contribution in [0.15, 0.2) is 35.9 Å². The van der Waals surface area contributed by atoms with Crippen LogP contribution in [0.25, 0.3) is 6.08 Å². The van der Waals surface area contributed by atoms with E-state index in [4.69, 9.17) is 21.1 Å². The number of hydrogen-bond acceptors (Lipinski definition) is 5. The van der Waals surface area contributed by atoms with E-state index in [1.165, 1.54) is 19.3 Å². The van der Waals surface area contributed by atoms with Gasteiger partial charge in [-0.2, -0.15) is 0 Å². The number of hydrogen-bond donors (Lipinski definition) is 1. The van der Waals surface area contributed by atoms with Crippen molar-refractivity contribution in [2.45, 2.75) is 20.3 Å². The molecule has 1 aliphatic rings. The van der Waals surface area contributed by atoms with Gasteiger partial charge in [-0.1, -0.05) is 24.6 Å². The number of methoxy groups -OCH3 is 1. The average Bonchev–Trinajstić information content (AvgIpc) is 2.72. The summed E-state index contributed by atoms with van der Waals surface area (Å²) in [5.74, 6) is -0.432. The summed E-state index contributed by atoms with van der Waals surface area (Å²) in [5, 5.41) is 2.58. The highest BCUT2D eigenvalue weighted by Crippen LogP contribution is 2.35. The Hall–Kier alpha value is -2.59. The van der Waals surface area contributed by atoms with Crippen LogP contribution < -0.4 is 19.7 Å². The Morgan fingerprint density at radius 1 is 1.19 bits per heavy atom. The average molecular weight is 555 g/mol. The van der Waals surface area contributed by atoms with Crippen LogP contribution in [0.5, 0.6) is 11.5 Å². The largest absolute Gasteiger partial charge is 0.493 e. The summed E-state index contributed by atoms with van der Waals surface area (Å²) in [6.07, 6.45) is 2.26. The van der Waals surface area contributed by atoms with E-state index in [0.29, 0.717) is 39.9 Å². The molecule has 7 nitrogen and oxygen atoms in total. The van der Waals surface area contributed by atoms with E-state index < -0.39 is 17.8 Å². The number of ether oxygens (including phenoxy) is 2. The Labute approximate surface area is 198 Å². The van der Waals surface area contributed by atoms with Gasteiger partial charge in [-0.25, -0.2) is 9.69 Å². The fourth-order valence-corrected chi connectivity index (χ4v) is 3.98. The molecule has 1 aliphatic heterocycles. The maximum atomic E-state index is 13.1. The lowest BCUT2D eigenvalue weighted by Crippen LogP contribution is -2.54. The van der Waals surface area contributed by atoms with Gasteiger partial charge in [-0.3, -0.25) is 14.9 Å². The van der Waals surface area contributed by atoms with Gasteiger partial charge in [0.25, 0.3) is 11.8 Å². The standard InChI is InChI=1S/C22H20ClIN2O5/c1-4-7-31-19-16(24)9-13(10-18(19)30-3)8-15-20(27)25-22(29)26(21(15)28)17-11-14(23)6-5-12(17)2/h5-6,8-11H,4,7H2,1-3H3,(H,25,27,29)/b15-8+. The van der Waals surface area contributed by atoms with Crippen molar-refractivity contribution in [3.05, 3.63) is 55.6 Å². The molecular formula is C22H20ClIN2O5. The molecule has 1 N–H and O–H groups in total. The van der Waals surface area contributed by atoms with Gasteiger partial charge in [0.05, 0.1) is 23.0 Å². The smallest absolute Gasteiger partial charge is 0.335 e. The SMILES string of the molecule is CCCOc1c(I)cc(/C=C2\C(=O)NC(=O)N(c3cc(Cl)ccc3C)C2=O)cc1OC. The Morgan fingerprint density at radius 3 is 2.61 bits per heavy atom. The highest BCUT2D eigenvalue weighted by molar-refractivity contribution is 14.1. The number of barbiturate groups is 1. The number of halogens is 2. The number of carbonyl (C=O) groups is 3. The van der Waals surface area contributed by atoms with Crippen LogP contribution in [0.2, 0.25) is 5.02 Å². The van der Waals surface area contributed by atoms with E-state index in [9.17, 15) is 14.4 Å². The van der Waals surface area contributed by atoms with Gasteiger partial charge in [-0.05, 0) is 77.4 Å². The predicted octanol–water partition coefficient (Wildman–Crippen LogP) is 4.72. The van der Waals surface area contributed by atoms with E-state index in [1.54, 1.807) is 31.2 Å². The summed E-state index contributed by atoms with van der Waals surface area (Å²) >= 11 is 8.16. The summed E-state index contributed by atoms with van der Waals surface area (Å²) in [5.41, 5.74) is 1.35. The van der Waals surface area contributed by atoms with Gasteiger partial charge in [0, 0.05) is 5.02 Å². The number of anilines is 1. The summed E-state index contributed by atoms with van der Waals surface area (Å²) < 4.78 is 11.9. The van der Waals surface area contributed by atoms with Crippen molar-refractivity contribution in [3.8, 4) is 11.5 Å². The van der Waals surface area contributed by atoms with Gasteiger partial charge >= 0.3 is 6.03 Å². The molecule has 0 atom stereocenters. The van der Waals surface area contributed by atoms with Crippen LogP contribution in [0, 0.1) is 10.5 Å². The molecule has 1 saturated heterocycles. The Balaban J connectivity index is 2.04. The molecule has 9 heteroatoms. The van der Waals surface area contributed by atoms with Crippen molar-refractivity contribution in [2.75, 3.05) is 18.6 Å². The van der Waals surface area contributed by atoms with Gasteiger partial charge < -0.3 is 9.47 Å². The number of amides is 4. The van der Waals surface area contributed by atoms with Gasteiger partial charge in [0.2, 0.25) is 0 Å². The molecule has 0 aromatic heterocycles. The number of carbonyl (C=O) groups excluding carboxylic acids is 3. The number of aryl methyl sites for hydroxylation is 1. The molecule has 162 valence electrons. The Kier molecular flexibility index (Phi) is 7.22. The third-order valence-corrected chi connectivity index (χ3v) is 5.56. The molecule has 0 saturated carbocycles. The molecule has 0 unspecified atom stereocenters. The van der Waals surface area contributed by atoms with E-state index >= 15 is 0 Å². The Morgan fingerprint density at radius 2 is 1.94 bits per heavy atom. The van der Waals surface area contributed by atoms with Crippen molar-refractivity contribution < 1.29 is 23.9 Å². The molecule has 4 amide bonds. The zero-order chi connectivity index (χ0) is 22.7. The summed E-state index contributed by atoms with van der Waals surface area (Å²) in [6.45, 7) is 4.28. The monoisotopic (exact) mass is 554 g/mol. The van der Waals surface area contributed by atoms with E-state index in [0.717, 1.165) is 14.9 Å². The molecule has 2 aromatic carbocycles. The van der Waals surface area contributed by atoms with E-state index in [1.807, 2.05) is 6.92 Å². The summed E-state index contributed by atoms with van der Waals surface area (Å²) in [6, 6.07) is 7.48. The van der Waals surface area contributed by atoms with Crippen molar-refractivity contribution in [1.29, 1.82) is 0 Å². The number of nitrogens with zero attached hydrogens (tertiary/aromatic N) is 1. The first-order chi connectivity index (χ1) is 14.8. The second-order valence-corrected chi connectivity index (χ2v) is 8.37. The summed E-state index contributed by atoms with van der Waals surface area (Å²) in [7, 11) is 1.52. The van der Waals surface area contributed by atoms with Gasteiger partial charge in [0.1, 0.15) is 5.57 Å². The summed E-state index contributed by atoms with van der Waals surface area (Å²) in [4.78, 5) is 39.0. The first-order valence-electron chi connectivity index (χ1n) is 9.44. The fourth-order valence-electron chi connectivity index (χ4n) is 3.03. The van der Waals surface area contributed by atoms with Crippen LogP contribution in [-0.4, -0.2) is 31.6 Å². The second kappa shape index (κ2) is 9.69. The zero-order valence-electron chi connectivity index (χ0n) is 17.1. The van der Waals surface area contributed by atoms with Crippen LogP contribution in [0.4, 0.5) is 10.5 Å². The third kappa shape index (κ3) is 4.85. The third-order valence-electron chi connectivity index (χ3n) is 4.53. The van der Waals surface area contributed by atoms with Crippen molar-refractivity contribution in [1.82, 2.24) is 5.32 Å². The molecular weight excluding hydrogens is 535 g/mol. The highest BCUT2D eigenvalue weighted by atomic mass is 127. The molecule has 0 radical (unpaired) electrons. The van der Waals surface area contributed by atoms with Crippen molar-refractivity contribution in [2.24, 2.45) is 0 Å². The highest BCUT2D eigenvalue weighted by Gasteiger charge is 2.37. The van der Waals surface area contributed by atoms with Crippen LogP contribution >= 0.6 is 34.2 Å². The van der Waals surface area contributed by atoms with Crippen molar-refractivity contribution >= 4 is 63.8 Å². The normalized spacial score (nSPS) is 15.3. The molecule has 0 spiro atoms. The molecule has 31 heavy (non-hydrogen) atoms. The molecule has 3 rings (SSSR count). The minimum Gasteiger partial charge on any atom is -0.493 e. The van der Waals surface area contributed by atoms with Crippen molar-refractivity contribution in [3.63, 3.8) is 0 Å². The minimum atomic E-state index is -0.826. The fraction of sp³-hybridized carbons (Fsp3) is 0.227. The van der Waals surface area contributed by atoms with Gasteiger partial charge in [0.15, 0.2) is 11.5 Å². The maximum absolute atomic E-state index is 13.1. The number of benzene rings is 2. The predicted molar refractivity (Wildman–Crippen MR) is 127 cm³/mol. The van der Waals surface area contributed by atoms with E-state index in [2.05, 4.69) is 27.9 Å². The molecule has 0 aliphatic carbocycles. The number of imide groups is 2. The number of rotatable bonds is 6. The number of nitrogens with one attached hydrogen (secondary N) is 1. The minimum absolute atomic E-state index is 0.181. The lowest BCUT2D eigenvalue weighted by molar-refractivity contribution is -0.122. The molecule has 1 fully saturated rings. The zero-order valence-corrected chi connectivity index (χ0v) is 20.0. The quantitative estimate of drug-likeness (QED) is 0.317. The van der Waals surface area contributed by atoms with Crippen LogP contribution in [-0.2, 0) is 9.59 Å². The first kappa shape index (κ1) is 23.1. The topological polar surface area (TPSA) is 84.9 Å². The molecule has 2 aromatic rings. The first-order valence-corrected chi connectivity index (χ1v) is 10.9. The lowest BCUT2D eigenvalue weighted by atomic mass is 10.1. The number of urea groups is 1. The lowest BCUT2D eigenvalue weighted by Gasteiger charge is -2.27. The Bertz CT molecular complexity index is 1100. The van der Waals surface area contributed by atoms with Crippen LogP contribution in [0.3, 0.4) is 0 Å². The molecule has 0 bridgehead atoms. The second-order valence-electron chi connectivity index (χ2n) is 6.77. The van der Waals surface area contributed by atoms with E-state index in [-0.39, 0.29) is 5.57 Å². The maximum Gasteiger partial charge on any atom is 0.335 e.